The molecule has 1 fully saturated rings. The van der Waals surface area contributed by atoms with E-state index >= 15 is 0 Å². The maximum absolute atomic E-state index is 14.4. The van der Waals surface area contributed by atoms with Crippen molar-refractivity contribution in [3.8, 4) is 0 Å². The van der Waals surface area contributed by atoms with Crippen molar-refractivity contribution < 1.29 is 87.2 Å². The number of primary amides is 2. The van der Waals surface area contributed by atoms with Gasteiger partial charge in [0, 0.05) is 32.0 Å². The normalized spacial score (nSPS) is 17.7. The molecule has 1 saturated heterocycles. The van der Waals surface area contributed by atoms with Crippen molar-refractivity contribution in [1.82, 2.24) is 58.1 Å². The van der Waals surface area contributed by atoms with Crippen molar-refractivity contribution in [3.63, 3.8) is 0 Å². The minimum atomic E-state index is -2.05. The molecule has 2 aliphatic rings. The Bertz CT molecular complexity index is 2620. The predicted octanol–water partition coefficient (Wildman–Crippen LogP) is -8.20. The number of aliphatic carboxylic acids is 1. The number of carboxylic acids is 1. The molecule has 0 spiro atoms. The first-order valence-corrected chi connectivity index (χ1v) is 30.5. The molecule has 2 aliphatic heterocycles. The zero-order valence-corrected chi connectivity index (χ0v) is 52.4. The Kier molecular flexibility index (Phi) is 36.0. The maximum Gasteiger partial charge on any atom is 0.305 e. The Morgan fingerprint density at radius 2 is 1.10 bits per heavy atom. The molecule has 36 nitrogen and oxygen atoms in total. The summed E-state index contributed by atoms with van der Waals surface area (Å²) in [4.78, 5) is 208. The fourth-order valence-electron chi connectivity index (χ4n) is 9.39. The van der Waals surface area contributed by atoms with Gasteiger partial charge in [-0.25, -0.2) is 4.99 Å². The first-order valence-electron chi connectivity index (χ1n) is 30.5. The van der Waals surface area contributed by atoms with E-state index < -0.39 is 213 Å². The van der Waals surface area contributed by atoms with Crippen molar-refractivity contribution in [2.75, 3.05) is 39.4 Å². The summed E-state index contributed by atoms with van der Waals surface area (Å²) < 4.78 is 0. The monoisotopic (exact) mass is 1310 g/mol. The molecule has 2 rings (SSSR count). The van der Waals surface area contributed by atoms with E-state index in [0.29, 0.717) is 44.9 Å². The molecule has 92 heavy (non-hydrogen) atoms. The molecular weight excluding hydrogens is 1210 g/mol. The number of unbranched alkanes of at least 4 members (excludes halogenated alkanes) is 2. The van der Waals surface area contributed by atoms with E-state index in [1.54, 1.807) is 20.8 Å². The van der Waals surface area contributed by atoms with Crippen LogP contribution in [-0.4, -0.2) is 234 Å². The van der Waals surface area contributed by atoms with Gasteiger partial charge < -0.3 is 107 Å². The van der Waals surface area contributed by atoms with Crippen LogP contribution in [0.2, 0.25) is 0 Å². The highest BCUT2D eigenvalue weighted by molar-refractivity contribution is 6.00. The van der Waals surface area contributed by atoms with Crippen molar-refractivity contribution in [1.29, 1.82) is 0 Å². The van der Waals surface area contributed by atoms with Crippen molar-refractivity contribution in [3.05, 3.63) is 0 Å². The van der Waals surface area contributed by atoms with Crippen LogP contribution in [0.15, 0.2) is 9.98 Å². The number of aldehydes is 1. The summed E-state index contributed by atoms with van der Waals surface area (Å²) in [5, 5.41) is 54.0. The van der Waals surface area contributed by atoms with Crippen LogP contribution in [0.5, 0.6) is 0 Å². The van der Waals surface area contributed by atoms with E-state index in [1.807, 2.05) is 0 Å². The van der Waals surface area contributed by atoms with Crippen LogP contribution >= 0.6 is 0 Å². The predicted molar refractivity (Wildman–Crippen MR) is 328 cm³/mol. The second-order valence-electron chi connectivity index (χ2n) is 22.7. The number of carbonyl (C=O) groups is 15. The molecular formula is C56H94N18O18. The van der Waals surface area contributed by atoms with E-state index in [1.165, 1.54) is 18.0 Å². The summed E-state index contributed by atoms with van der Waals surface area (Å²) in [6.07, 6.45) is 2.48. The van der Waals surface area contributed by atoms with Crippen LogP contribution in [-0.2, 0) is 71.9 Å². The second kappa shape index (κ2) is 41.7. The third-order valence-electron chi connectivity index (χ3n) is 15.1. The Hall–Kier alpha value is -8.61. The number of nitrogens with two attached hydrogens (primary N) is 5. The summed E-state index contributed by atoms with van der Waals surface area (Å²) in [6.45, 7) is 4.48. The molecule has 0 aromatic rings. The molecule has 23 N–H and O–H groups in total. The minimum absolute atomic E-state index is 0.0179. The Morgan fingerprint density at radius 1 is 0.620 bits per heavy atom. The van der Waals surface area contributed by atoms with Crippen LogP contribution in [0.1, 0.15) is 124 Å². The lowest BCUT2D eigenvalue weighted by Crippen LogP contribution is -2.62. The molecule has 516 valence electrons. The summed E-state index contributed by atoms with van der Waals surface area (Å²) >= 11 is 0. The molecule has 13 amide bonds. The number of aliphatic hydroxyl groups excluding tert-OH is 2. The van der Waals surface area contributed by atoms with Gasteiger partial charge in [-0.2, -0.15) is 0 Å². The zero-order valence-electron chi connectivity index (χ0n) is 52.4. The van der Waals surface area contributed by atoms with Gasteiger partial charge in [0.2, 0.25) is 76.8 Å². The van der Waals surface area contributed by atoms with Crippen LogP contribution in [0.25, 0.3) is 0 Å². The number of likely N-dealkylation sites (tertiary alicyclic amines) is 1. The molecule has 2 heterocycles. The SMILES string of the molecule is CC[C@H](C)[C@H](NC(=O)[C@H](CC1C=NC=N1)NC(=O)[C@H](CCC(N)=O)NC(=O)[C@H](CO)NC(=O)CNC(=O)[C@@H]1CCCN1C(=O)[C@@H](N)C(C)C)C(=O)N[C@@H](CC(=O)O)C(=O)N[C@@H](CO)C(=O)N[C@@H](CCC(N)=O)C(=O)N[C@@H](CCCCN)C(=O)N[C@H](C=O)CCCCN. The lowest BCUT2D eigenvalue weighted by Gasteiger charge is -2.29. The van der Waals surface area contributed by atoms with E-state index in [4.69, 9.17) is 28.7 Å². The number of nitrogens with zero attached hydrogens (tertiary/aromatic N) is 3. The standard InChI is InChI=1S/C56H94N18O18/c1-5-30(4)46(55(91)71-37(22-44(81)82)50(86)72-39(27-77)53(89)69-34(14-16-41(59)78)48(84)67-33(12-7-9-19-58)47(83)65-31(25-75)11-6-8-18-57)73-51(87)36(21-32-23-62-28-64-32)70-49(85)35(15-17-42(60)79)68-52(88)38(26-76)66-43(80)24-63-54(90)40-13-10-20-74(40)56(92)45(61)29(2)3/h23,25,28-40,45-46,76-77H,5-22,24,26-27,57-58,61H2,1-4H3,(H2,59,78)(H2,60,79)(H,63,90)(H,65,83)(H,66,80)(H,67,84)(H,68,88)(H,69,89)(H,70,85)(H,71,91)(H,72,86)(H,73,87)(H,81,82)/t30-,31-,32?,33-,34-,35-,36-,37-,38-,39-,40-,45-,46-/m0/s1. The third kappa shape index (κ3) is 27.9. The number of hydrogen-bond acceptors (Lipinski definition) is 22. The number of aliphatic imine (C=N–C) groups is 2. The topological polar surface area (TPSA) is 595 Å². The van der Waals surface area contributed by atoms with Crippen molar-refractivity contribution in [2.24, 2.45) is 50.5 Å². The highest BCUT2D eigenvalue weighted by atomic mass is 16.4. The van der Waals surface area contributed by atoms with Crippen molar-refractivity contribution in [2.45, 2.75) is 197 Å². The minimum Gasteiger partial charge on any atom is -0.481 e. The first kappa shape index (κ1) is 79.5. The second-order valence-corrected chi connectivity index (χ2v) is 22.7. The largest absolute Gasteiger partial charge is 0.481 e. The van der Waals surface area contributed by atoms with Gasteiger partial charge in [0.15, 0.2) is 0 Å². The fourth-order valence-corrected chi connectivity index (χ4v) is 9.39. The van der Waals surface area contributed by atoms with Gasteiger partial charge in [-0.1, -0.05) is 34.1 Å². The maximum atomic E-state index is 14.4. The van der Waals surface area contributed by atoms with Gasteiger partial charge >= 0.3 is 5.97 Å². The van der Waals surface area contributed by atoms with Crippen LogP contribution in [0.4, 0.5) is 0 Å². The number of carboxylic acid groups (broad SMARTS) is 1. The average molecular weight is 1310 g/mol. The van der Waals surface area contributed by atoms with E-state index in [9.17, 15) is 87.2 Å². The molecule has 0 aromatic heterocycles. The van der Waals surface area contributed by atoms with E-state index in [0.717, 1.165) is 6.34 Å². The summed E-state index contributed by atoms with van der Waals surface area (Å²) in [6, 6.07) is -17.4. The van der Waals surface area contributed by atoms with E-state index in [-0.39, 0.29) is 51.1 Å². The molecule has 0 bridgehead atoms. The number of rotatable bonds is 45. The molecule has 36 heteroatoms. The molecule has 1 unspecified atom stereocenters. The number of nitrogens with one attached hydrogen (secondary N) is 10. The quantitative estimate of drug-likeness (QED) is 0.0199. The van der Waals surface area contributed by atoms with E-state index in [2.05, 4.69) is 63.2 Å². The third-order valence-corrected chi connectivity index (χ3v) is 15.1. The summed E-state index contributed by atoms with van der Waals surface area (Å²) in [5.41, 5.74) is 27.9. The van der Waals surface area contributed by atoms with Gasteiger partial charge in [0.05, 0.1) is 44.3 Å². The van der Waals surface area contributed by atoms with Crippen LogP contribution < -0.4 is 81.8 Å². The smallest absolute Gasteiger partial charge is 0.305 e. The van der Waals surface area contributed by atoms with Crippen molar-refractivity contribution >= 4 is 102 Å². The van der Waals surface area contributed by atoms with Gasteiger partial charge in [0.1, 0.15) is 67.0 Å². The van der Waals surface area contributed by atoms with Gasteiger partial charge in [-0.15, -0.1) is 0 Å². The molecule has 13 atom stereocenters. The number of aliphatic hydroxyl groups is 2. The number of amides is 13. The van der Waals surface area contributed by atoms with Gasteiger partial charge in [0.25, 0.3) is 0 Å². The first-order chi connectivity index (χ1) is 43.5. The Labute approximate surface area is 531 Å². The highest BCUT2D eigenvalue weighted by Gasteiger charge is 2.40. The summed E-state index contributed by atoms with van der Waals surface area (Å²) in [7, 11) is 0. The lowest BCUT2D eigenvalue weighted by molar-refractivity contribution is -0.142. The average Bonchev–Trinajstić information content (AvgIpc) is 2.07. The molecule has 0 aliphatic carbocycles. The number of carbonyl (C=O) groups excluding carboxylic acids is 14. The van der Waals surface area contributed by atoms with Crippen LogP contribution in [0, 0.1) is 11.8 Å². The Balaban J connectivity index is 2.36. The lowest BCUT2D eigenvalue weighted by atomic mass is 9.96. The van der Waals surface area contributed by atoms with Gasteiger partial charge in [-0.3, -0.25) is 72.1 Å². The Morgan fingerprint density at radius 3 is 1.59 bits per heavy atom. The van der Waals surface area contributed by atoms with Crippen LogP contribution in [0.3, 0.4) is 0 Å². The molecule has 0 radical (unpaired) electrons. The molecule has 0 aromatic carbocycles. The number of hydrogen-bond donors (Lipinski definition) is 18. The van der Waals surface area contributed by atoms with Gasteiger partial charge in [-0.05, 0) is 89.1 Å². The summed E-state index contributed by atoms with van der Waals surface area (Å²) in [5.74, 6) is -15.6. The molecule has 0 saturated carbocycles. The fraction of sp³-hybridized carbons (Fsp3) is 0.696. The zero-order chi connectivity index (χ0) is 69.2. The highest BCUT2D eigenvalue weighted by Crippen LogP contribution is 2.20.